The van der Waals surface area contributed by atoms with Gasteiger partial charge in [0.25, 0.3) is 0 Å². The minimum atomic E-state index is -0.0314. The van der Waals surface area contributed by atoms with Crippen LogP contribution in [0.1, 0.15) is 58.1 Å². The lowest BCUT2D eigenvalue weighted by atomic mass is 9.88. The lowest BCUT2D eigenvalue weighted by Crippen LogP contribution is -2.58. The molecule has 0 amide bonds. The molecule has 2 aliphatic rings. The fourth-order valence-electron chi connectivity index (χ4n) is 3.91. The van der Waals surface area contributed by atoms with Crippen LogP contribution < -0.4 is 10.6 Å². The van der Waals surface area contributed by atoms with Crippen molar-refractivity contribution in [1.29, 1.82) is 0 Å². The number of aromatic nitrogens is 1. The lowest BCUT2D eigenvalue weighted by Gasteiger charge is -2.45. The van der Waals surface area contributed by atoms with Crippen LogP contribution in [0.15, 0.2) is 15.6 Å². The second-order valence-corrected chi connectivity index (χ2v) is 8.68. The fraction of sp³-hybridized carbons (Fsp3) is 0.800. The van der Waals surface area contributed by atoms with Crippen LogP contribution in [0.4, 0.5) is 0 Å². The summed E-state index contributed by atoms with van der Waals surface area (Å²) in [5.74, 6) is 2.37. The zero-order valence-corrected chi connectivity index (χ0v) is 17.3. The average Bonchev–Trinajstić information content (AvgIpc) is 3.34. The molecule has 2 fully saturated rings. The molecule has 0 spiro atoms. The molecule has 2 saturated heterocycles. The maximum Gasteiger partial charge on any atom is 0.213 e. The summed E-state index contributed by atoms with van der Waals surface area (Å²) in [6, 6.07) is 0. The van der Waals surface area contributed by atoms with Crippen molar-refractivity contribution in [2.45, 2.75) is 64.0 Å². The van der Waals surface area contributed by atoms with Gasteiger partial charge in [0.05, 0.1) is 12.7 Å². The number of ether oxygens (including phenoxy) is 1. The molecule has 1 aromatic rings. The van der Waals surface area contributed by atoms with E-state index in [0.717, 1.165) is 44.3 Å². The Bertz CT molecular complexity index is 623. The Labute approximate surface area is 163 Å². The predicted octanol–water partition coefficient (Wildman–Crippen LogP) is 2.28. The van der Waals surface area contributed by atoms with Crippen molar-refractivity contribution in [2.75, 3.05) is 39.9 Å². The summed E-state index contributed by atoms with van der Waals surface area (Å²) < 4.78 is 11.5. The van der Waals surface area contributed by atoms with Crippen LogP contribution in [-0.4, -0.2) is 61.3 Å². The second-order valence-electron chi connectivity index (χ2n) is 8.68. The molecule has 3 rings (SSSR count). The number of oxazole rings is 1. The molecular weight excluding hydrogens is 342 g/mol. The first kappa shape index (κ1) is 20.1. The summed E-state index contributed by atoms with van der Waals surface area (Å²) in [6.45, 7) is 11.8. The van der Waals surface area contributed by atoms with Crippen molar-refractivity contribution in [2.24, 2.45) is 4.99 Å². The number of hydrogen-bond donors (Lipinski definition) is 2. The molecule has 0 atom stereocenters. The highest BCUT2D eigenvalue weighted by molar-refractivity contribution is 5.79. The Kier molecular flexibility index (Phi) is 6.42. The molecule has 3 heterocycles. The van der Waals surface area contributed by atoms with Crippen LogP contribution >= 0.6 is 0 Å². The third-order valence-electron chi connectivity index (χ3n) is 5.71. The van der Waals surface area contributed by atoms with E-state index in [1.165, 1.54) is 25.9 Å². The molecule has 7 nitrogen and oxygen atoms in total. The Balaban J connectivity index is 1.55. The minimum Gasteiger partial charge on any atom is -0.443 e. The summed E-state index contributed by atoms with van der Waals surface area (Å²) in [7, 11) is 1.80. The van der Waals surface area contributed by atoms with Gasteiger partial charge in [-0.3, -0.25) is 9.89 Å². The van der Waals surface area contributed by atoms with Gasteiger partial charge in [0.2, 0.25) is 5.89 Å². The van der Waals surface area contributed by atoms with Gasteiger partial charge in [-0.05, 0) is 38.8 Å². The molecule has 0 saturated carbocycles. The van der Waals surface area contributed by atoms with Gasteiger partial charge in [-0.2, -0.15) is 0 Å². The summed E-state index contributed by atoms with van der Waals surface area (Å²) in [4.78, 5) is 11.4. The van der Waals surface area contributed by atoms with E-state index < -0.39 is 0 Å². The van der Waals surface area contributed by atoms with Crippen LogP contribution in [0.3, 0.4) is 0 Å². The Morgan fingerprint density at radius 2 is 1.93 bits per heavy atom. The molecule has 2 N–H and O–H groups in total. The first-order valence-corrected chi connectivity index (χ1v) is 10.2. The summed E-state index contributed by atoms with van der Waals surface area (Å²) in [5, 5.41) is 6.87. The molecule has 152 valence electrons. The maximum absolute atomic E-state index is 5.86. The van der Waals surface area contributed by atoms with E-state index >= 15 is 0 Å². The Morgan fingerprint density at radius 3 is 2.52 bits per heavy atom. The largest absolute Gasteiger partial charge is 0.443 e. The van der Waals surface area contributed by atoms with Gasteiger partial charge in [-0.15, -0.1) is 0 Å². The number of hydrogen-bond acceptors (Lipinski definition) is 5. The second kappa shape index (κ2) is 8.61. The molecular formula is C20H35N5O2. The van der Waals surface area contributed by atoms with Gasteiger partial charge in [0, 0.05) is 37.8 Å². The third-order valence-corrected chi connectivity index (χ3v) is 5.71. The van der Waals surface area contributed by atoms with E-state index in [1.807, 2.05) is 6.20 Å². The predicted molar refractivity (Wildman–Crippen MR) is 107 cm³/mol. The van der Waals surface area contributed by atoms with Gasteiger partial charge in [-0.1, -0.05) is 20.8 Å². The number of aliphatic imine (C=N–C) groups is 1. The van der Waals surface area contributed by atoms with Crippen molar-refractivity contribution in [3.63, 3.8) is 0 Å². The summed E-state index contributed by atoms with van der Waals surface area (Å²) in [5.41, 5.74) is 0.144. The molecule has 0 aliphatic carbocycles. The van der Waals surface area contributed by atoms with E-state index in [9.17, 15) is 0 Å². The van der Waals surface area contributed by atoms with Crippen LogP contribution in [0.5, 0.6) is 0 Å². The van der Waals surface area contributed by atoms with Crippen molar-refractivity contribution in [3.8, 4) is 0 Å². The smallest absolute Gasteiger partial charge is 0.213 e. The normalized spacial score (nSPS) is 21.4. The lowest BCUT2D eigenvalue weighted by molar-refractivity contribution is -0.0164. The number of guanidine groups is 1. The molecule has 27 heavy (non-hydrogen) atoms. The highest BCUT2D eigenvalue weighted by atomic mass is 16.5. The summed E-state index contributed by atoms with van der Waals surface area (Å²) in [6.07, 6.45) is 6.57. The van der Waals surface area contributed by atoms with E-state index in [2.05, 4.69) is 46.3 Å². The highest BCUT2D eigenvalue weighted by Crippen LogP contribution is 2.30. The van der Waals surface area contributed by atoms with Crippen LogP contribution in [0.2, 0.25) is 0 Å². The molecule has 0 unspecified atom stereocenters. The number of nitrogens with one attached hydrogen (secondary N) is 2. The SMILES string of the molecule is CN=C(NCc1ncc(C(C)(C)C)o1)NCC1(N2CCCC2)CCOCC1. The zero-order chi connectivity index (χ0) is 19.3. The molecule has 2 aliphatic heterocycles. The first-order valence-electron chi connectivity index (χ1n) is 10.2. The maximum atomic E-state index is 5.86. The number of rotatable bonds is 5. The van der Waals surface area contributed by atoms with Gasteiger partial charge in [0.1, 0.15) is 5.76 Å². The first-order chi connectivity index (χ1) is 12.9. The number of nitrogens with zero attached hydrogens (tertiary/aromatic N) is 3. The molecule has 1 aromatic heterocycles. The molecule has 0 radical (unpaired) electrons. The van der Waals surface area contributed by atoms with E-state index in [0.29, 0.717) is 12.4 Å². The van der Waals surface area contributed by atoms with E-state index in [1.54, 1.807) is 7.05 Å². The monoisotopic (exact) mass is 377 g/mol. The van der Waals surface area contributed by atoms with Crippen LogP contribution in [0, 0.1) is 0 Å². The average molecular weight is 378 g/mol. The minimum absolute atomic E-state index is 0.0314. The molecule has 0 aromatic carbocycles. The Hall–Kier alpha value is -1.60. The van der Waals surface area contributed by atoms with Gasteiger partial charge < -0.3 is 19.8 Å². The summed E-state index contributed by atoms with van der Waals surface area (Å²) >= 11 is 0. The Morgan fingerprint density at radius 1 is 1.22 bits per heavy atom. The fourth-order valence-corrected chi connectivity index (χ4v) is 3.91. The standard InChI is InChI=1S/C20H35N5O2/c1-19(2,3)16-13-22-17(27-16)14-23-18(21-4)24-15-20(7-11-26-12-8-20)25-9-5-6-10-25/h13H,5-12,14-15H2,1-4H3,(H2,21,23,24). The highest BCUT2D eigenvalue weighted by Gasteiger charge is 2.39. The van der Waals surface area contributed by atoms with Gasteiger partial charge in [-0.25, -0.2) is 4.98 Å². The third kappa shape index (κ3) is 5.02. The number of likely N-dealkylation sites (tertiary alicyclic amines) is 1. The van der Waals surface area contributed by atoms with Crippen LogP contribution in [-0.2, 0) is 16.7 Å². The van der Waals surface area contributed by atoms with Gasteiger partial charge in [0.15, 0.2) is 5.96 Å². The zero-order valence-electron chi connectivity index (χ0n) is 17.3. The van der Waals surface area contributed by atoms with Crippen molar-refractivity contribution >= 4 is 5.96 Å². The van der Waals surface area contributed by atoms with Crippen LogP contribution in [0.25, 0.3) is 0 Å². The van der Waals surface area contributed by atoms with Crippen molar-refractivity contribution in [3.05, 3.63) is 17.8 Å². The quantitative estimate of drug-likeness (QED) is 0.606. The topological polar surface area (TPSA) is 74.9 Å². The van der Waals surface area contributed by atoms with Crippen molar-refractivity contribution in [1.82, 2.24) is 20.5 Å². The van der Waals surface area contributed by atoms with Crippen molar-refractivity contribution < 1.29 is 9.15 Å². The van der Waals surface area contributed by atoms with E-state index in [-0.39, 0.29) is 11.0 Å². The van der Waals surface area contributed by atoms with Gasteiger partial charge >= 0.3 is 0 Å². The van der Waals surface area contributed by atoms with E-state index in [4.69, 9.17) is 9.15 Å². The molecule has 0 bridgehead atoms. The molecule has 7 heteroatoms.